The van der Waals surface area contributed by atoms with Crippen LogP contribution in [0, 0.1) is 0 Å². The molecule has 0 aromatic heterocycles. The lowest BCUT2D eigenvalue weighted by molar-refractivity contribution is -0.0205. The molecule has 1 heterocycles. The van der Waals surface area contributed by atoms with Crippen molar-refractivity contribution >= 4 is 23.2 Å². The summed E-state index contributed by atoms with van der Waals surface area (Å²) in [7, 11) is 0. The van der Waals surface area contributed by atoms with Crippen LogP contribution in [0.2, 0.25) is 10.0 Å². The molecule has 0 saturated carbocycles. The van der Waals surface area contributed by atoms with E-state index in [1.54, 1.807) is 6.07 Å². The Bertz CT molecular complexity index is 428. The van der Waals surface area contributed by atoms with Crippen LogP contribution in [0.1, 0.15) is 31.7 Å². The fourth-order valence-electron chi connectivity index (χ4n) is 2.72. The fourth-order valence-corrected chi connectivity index (χ4v) is 3.04. The maximum absolute atomic E-state index is 10.7. The van der Waals surface area contributed by atoms with Crippen LogP contribution < -0.4 is 0 Å². The molecule has 4 heteroatoms. The van der Waals surface area contributed by atoms with Crippen molar-refractivity contribution in [2.24, 2.45) is 0 Å². The van der Waals surface area contributed by atoms with E-state index < -0.39 is 5.60 Å². The highest BCUT2D eigenvalue weighted by Crippen LogP contribution is 2.29. The second-order valence-corrected chi connectivity index (χ2v) is 6.31. The average molecular weight is 302 g/mol. The topological polar surface area (TPSA) is 23.5 Å². The van der Waals surface area contributed by atoms with Crippen molar-refractivity contribution in [1.29, 1.82) is 0 Å². The third-order valence-corrected chi connectivity index (χ3v) is 4.58. The third-order valence-electron chi connectivity index (χ3n) is 3.84. The van der Waals surface area contributed by atoms with E-state index in [2.05, 4.69) is 11.8 Å². The number of hydrogen-bond donors (Lipinski definition) is 1. The maximum atomic E-state index is 10.7. The Morgan fingerprint density at radius 3 is 2.47 bits per heavy atom. The Kier molecular flexibility index (Phi) is 5.13. The molecule has 106 valence electrons. The molecule has 1 aromatic carbocycles. The molecule has 0 unspecified atom stereocenters. The smallest absolute Gasteiger partial charge is 0.0712 e. The number of aliphatic hydroxyl groups is 1. The molecule has 1 saturated heterocycles. The predicted molar refractivity (Wildman–Crippen MR) is 81.1 cm³/mol. The molecule has 2 nitrogen and oxygen atoms in total. The van der Waals surface area contributed by atoms with Gasteiger partial charge in [-0.2, -0.15) is 0 Å². The van der Waals surface area contributed by atoms with E-state index in [1.165, 1.54) is 6.42 Å². The summed E-state index contributed by atoms with van der Waals surface area (Å²) in [6.07, 6.45) is 3.48. The van der Waals surface area contributed by atoms with Crippen LogP contribution in [0.3, 0.4) is 0 Å². The number of halogens is 2. The van der Waals surface area contributed by atoms with E-state index in [-0.39, 0.29) is 0 Å². The summed E-state index contributed by atoms with van der Waals surface area (Å²) in [5.41, 5.74) is 0.461. The number of benzene rings is 1. The van der Waals surface area contributed by atoms with Crippen molar-refractivity contribution < 1.29 is 5.11 Å². The maximum Gasteiger partial charge on any atom is 0.0712 e. The molecule has 1 aliphatic rings. The minimum atomic E-state index is -0.596. The zero-order valence-electron chi connectivity index (χ0n) is 11.3. The Morgan fingerprint density at radius 1 is 1.21 bits per heavy atom. The molecule has 0 radical (unpaired) electrons. The summed E-state index contributed by atoms with van der Waals surface area (Å²) in [4.78, 5) is 2.42. The van der Waals surface area contributed by atoms with Crippen LogP contribution in [0.4, 0.5) is 0 Å². The van der Waals surface area contributed by atoms with Crippen molar-refractivity contribution in [1.82, 2.24) is 4.90 Å². The standard InChI is InChI=1S/C15H21Cl2NO/c1-2-7-18-8-5-15(19,6-9-18)11-12-3-4-13(16)14(17)10-12/h3-4,10,19H,2,5-9,11H2,1H3. The zero-order valence-corrected chi connectivity index (χ0v) is 12.8. The SMILES string of the molecule is CCCN1CCC(O)(Cc2ccc(Cl)c(Cl)c2)CC1. The lowest BCUT2D eigenvalue weighted by Crippen LogP contribution is -2.45. The highest BCUT2D eigenvalue weighted by Gasteiger charge is 2.32. The Morgan fingerprint density at radius 2 is 1.89 bits per heavy atom. The number of piperidine rings is 1. The minimum Gasteiger partial charge on any atom is -0.389 e. The van der Waals surface area contributed by atoms with E-state index in [9.17, 15) is 5.11 Å². The first-order chi connectivity index (χ1) is 9.02. The van der Waals surface area contributed by atoms with Crippen molar-refractivity contribution in [3.8, 4) is 0 Å². The normalized spacial score (nSPS) is 19.6. The van der Waals surface area contributed by atoms with Crippen LogP contribution in [0.25, 0.3) is 0 Å². The van der Waals surface area contributed by atoms with Gasteiger partial charge >= 0.3 is 0 Å². The molecular weight excluding hydrogens is 281 g/mol. The summed E-state index contributed by atoms with van der Waals surface area (Å²) < 4.78 is 0. The van der Waals surface area contributed by atoms with Gasteiger partial charge in [0, 0.05) is 19.5 Å². The second kappa shape index (κ2) is 6.45. The highest BCUT2D eigenvalue weighted by atomic mass is 35.5. The fraction of sp³-hybridized carbons (Fsp3) is 0.600. The monoisotopic (exact) mass is 301 g/mol. The van der Waals surface area contributed by atoms with Crippen molar-refractivity contribution in [2.45, 2.75) is 38.2 Å². The molecule has 1 fully saturated rings. The van der Waals surface area contributed by atoms with Gasteiger partial charge in [-0.05, 0) is 43.5 Å². The van der Waals surface area contributed by atoms with Gasteiger partial charge in [-0.25, -0.2) is 0 Å². The van der Waals surface area contributed by atoms with E-state index in [4.69, 9.17) is 23.2 Å². The van der Waals surface area contributed by atoms with E-state index in [0.717, 1.165) is 38.0 Å². The van der Waals surface area contributed by atoms with Gasteiger partial charge in [0.25, 0.3) is 0 Å². The molecule has 0 amide bonds. The first-order valence-electron chi connectivity index (χ1n) is 6.91. The summed E-state index contributed by atoms with van der Waals surface area (Å²) in [6, 6.07) is 5.61. The first-order valence-corrected chi connectivity index (χ1v) is 7.67. The molecule has 0 bridgehead atoms. The lowest BCUT2D eigenvalue weighted by atomic mass is 9.85. The van der Waals surface area contributed by atoms with Crippen molar-refractivity contribution in [2.75, 3.05) is 19.6 Å². The number of hydrogen-bond acceptors (Lipinski definition) is 2. The van der Waals surface area contributed by atoms with E-state index in [1.807, 2.05) is 12.1 Å². The average Bonchev–Trinajstić information content (AvgIpc) is 2.37. The molecule has 19 heavy (non-hydrogen) atoms. The van der Waals surface area contributed by atoms with E-state index in [0.29, 0.717) is 16.5 Å². The largest absolute Gasteiger partial charge is 0.389 e. The van der Waals surface area contributed by atoms with Gasteiger partial charge in [0.15, 0.2) is 0 Å². The summed E-state index contributed by atoms with van der Waals surface area (Å²) in [5, 5.41) is 11.8. The van der Waals surface area contributed by atoms with Gasteiger partial charge in [0.05, 0.1) is 15.6 Å². The van der Waals surface area contributed by atoms with Gasteiger partial charge in [-0.1, -0.05) is 36.2 Å². The Labute approximate surface area is 125 Å². The van der Waals surface area contributed by atoms with Gasteiger partial charge in [-0.15, -0.1) is 0 Å². The molecule has 0 spiro atoms. The molecule has 1 N–H and O–H groups in total. The summed E-state index contributed by atoms with van der Waals surface area (Å²) >= 11 is 11.9. The van der Waals surface area contributed by atoms with Crippen LogP contribution in [-0.4, -0.2) is 35.2 Å². The summed E-state index contributed by atoms with van der Waals surface area (Å²) in [5.74, 6) is 0. The molecule has 0 atom stereocenters. The Balaban J connectivity index is 1.96. The summed E-state index contributed by atoms with van der Waals surface area (Å²) in [6.45, 7) is 5.27. The van der Waals surface area contributed by atoms with Crippen LogP contribution in [-0.2, 0) is 6.42 Å². The number of nitrogens with zero attached hydrogens (tertiary/aromatic N) is 1. The van der Waals surface area contributed by atoms with Gasteiger partial charge in [0.2, 0.25) is 0 Å². The van der Waals surface area contributed by atoms with Gasteiger partial charge < -0.3 is 10.0 Å². The lowest BCUT2D eigenvalue weighted by Gasteiger charge is -2.38. The van der Waals surface area contributed by atoms with Crippen molar-refractivity contribution in [3.05, 3.63) is 33.8 Å². The highest BCUT2D eigenvalue weighted by molar-refractivity contribution is 6.42. The van der Waals surface area contributed by atoms with Crippen LogP contribution in [0.15, 0.2) is 18.2 Å². The van der Waals surface area contributed by atoms with Gasteiger partial charge in [-0.3, -0.25) is 0 Å². The van der Waals surface area contributed by atoms with Crippen molar-refractivity contribution in [3.63, 3.8) is 0 Å². The molecular formula is C15H21Cl2NO. The zero-order chi connectivity index (χ0) is 13.9. The van der Waals surface area contributed by atoms with E-state index >= 15 is 0 Å². The van der Waals surface area contributed by atoms with Gasteiger partial charge in [0.1, 0.15) is 0 Å². The molecule has 1 aliphatic heterocycles. The second-order valence-electron chi connectivity index (χ2n) is 5.49. The first kappa shape index (κ1) is 15.1. The Hall–Kier alpha value is -0.280. The third kappa shape index (κ3) is 4.09. The van der Waals surface area contributed by atoms with Crippen LogP contribution in [0.5, 0.6) is 0 Å². The predicted octanol–water partition coefficient (Wildman–Crippen LogP) is 3.77. The molecule has 0 aliphatic carbocycles. The van der Waals surface area contributed by atoms with Crippen LogP contribution >= 0.6 is 23.2 Å². The number of likely N-dealkylation sites (tertiary alicyclic amines) is 1. The number of rotatable bonds is 4. The quantitative estimate of drug-likeness (QED) is 0.915. The minimum absolute atomic E-state index is 0.561. The molecule has 2 rings (SSSR count). The molecule has 1 aromatic rings.